The molecule has 12 heavy (non-hydrogen) atoms. The lowest BCUT2D eigenvalue weighted by Gasteiger charge is -1.98. The normalized spacial score (nSPS) is 11.9. The van der Waals surface area contributed by atoms with E-state index >= 15 is 0 Å². The van der Waals surface area contributed by atoms with Crippen LogP contribution in [0, 0.1) is 0 Å². The molecule has 0 aromatic carbocycles. The highest BCUT2D eigenvalue weighted by Gasteiger charge is 2.19. The fourth-order valence-corrected chi connectivity index (χ4v) is 2.50. The van der Waals surface area contributed by atoms with E-state index in [2.05, 4.69) is 5.10 Å². The predicted octanol–water partition coefficient (Wildman–Crippen LogP) is 0.910. The summed E-state index contributed by atoms with van der Waals surface area (Å²) in [6.45, 7) is 1.85. The molecule has 0 N–H and O–H groups in total. The van der Waals surface area contributed by atoms with Crippen LogP contribution in [0.4, 0.5) is 0 Å². The third kappa shape index (κ3) is 1.61. The largest absolute Gasteiger partial charge is 0.278 e. The maximum absolute atomic E-state index is 11.0. The van der Waals surface area contributed by atoms with Crippen molar-refractivity contribution >= 4 is 19.7 Å². The average Bonchev–Trinajstić information content (AvgIpc) is 2.29. The summed E-state index contributed by atoms with van der Waals surface area (Å²) in [6.07, 6.45) is 2.12. The van der Waals surface area contributed by atoms with Gasteiger partial charge in [-0.15, -0.1) is 0 Å². The van der Waals surface area contributed by atoms with E-state index in [1.165, 1.54) is 10.9 Å². The molecule has 68 valence electrons. The maximum Gasteiger partial charge on any atom is 0.278 e. The van der Waals surface area contributed by atoms with Crippen LogP contribution < -0.4 is 0 Å². The third-order valence-electron chi connectivity index (χ3n) is 1.57. The fourth-order valence-electron chi connectivity index (χ4n) is 1.03. The Morgan fingerprint density at radius 2 is 2.25 bits per heavy atom. The van der Waals surface area contributed by atoms with Crippen molar-refractivity contribution < 1.29 is 8.42 Å². The van der Waals surface area contributed by atoms with Crippen LogP contribution in [0.3, 0.4) is 0 Å². The van der Waals surface area contributed by atoms with Gasteiger partial charge in [0.1, 0.15) is 0 Å². The first-order valence-corrected chi connectivity index (χ1v) is 5.73. The van der Waals surface area contributed by atoms with E-state index in [0.717, 1.165) is 0 Å². The van der Waals surface area contributed by atoms with Crippen molar-refractivity contribution in [3.05, 3.63) is 11.8 Å². The molecule has 4 nitrogen and oxygen atoms in total. The lowest BCUT2D eigenvalue weighted by atomic mass is 10.3. The van der Waals surface area contributed by atoms with Crippen molar-refractivity contribution in [3.63, 3.8) is 0 Å². The summed E-state index contributed by atoms with van der Waals surface area (Å²) in [5.41, 5.74) is 0.646. The van der Waals surface area contributed by atoms with Gasteiger partial charge in [0.15, 0.2) is 5.03 Å². The van der Waals surface area contributed by atoms with Gasteiger partial charge in [-0.2, -0.15) is 5.10 Å². The Morgan fingerprint density at radius 3 is 2.58 bits per heavy atom. The second kappa shape index (κ2) is 3.06. The molecule has 0 spiro atoms. The molecule has 0 unspecified atom stereocenters. The molecule has 0 fully saturated rings. The minimum Gasteiger partial charge on any atom is -0.256 e. The lowest BCUT2D eigenvalue weighted by Crippen LogP contribution is -2.03. The van der Waals surface area contributed by atoms with Gasteiger partial charge in [-0.1, -0.05) is 6.92 Å². The zero-order valence-corrected chi connectivity index (χ0v) is 8.35. The van der Waals surface area contributed by atoms with Crippen LogP contribution in [0.2, 0.25) is 0 Å². The van der Waals surface area contributed by atoms with Crippen molar-refractivity contribution in [2.45, 2.75) is 18.4 Å². The molecule has 0 amide bonds. The molecule has 1 aromatic heterocycles. The zero-order valence-electron chi connectivity index (χ0n) is 6.78. The number of rotatable bonds is 2. The molecule has 1 aromatic rings. The lowest BCUT2D eigenvalue weighted by molar-refractivity contribution is 0.588. The summed E-state index contributed by atoms with van der Waals surface area (Å²) in [7, 11) is 3.09. The Bertz CT molecular complexity index is 382. The number of hydrogen-bond acceptors (Lipinski definition) is 3. The maximum atomic E-state index is 11.0. The second-order valence-corrected chi connectivity index (χ2v) is 4.87. The molecule has 0 saturated carbocycles. The molecule has 0 aliphatic carbocycles. The Labute approximate surface area is 75.6 Å². The van der Waals surface area contributed by atoms with Gasteiger partial charge in [0.05, 0.1) is 6.20 Å². The van der Waals surface area contributed by atoms with E-state index in [0.29, 0.717) is 12.0 Å². The van der Waals surface area contributed by atoms with Crippen LogP contribution in [0.5, 0.6) is 0 Å². The highest BCUT2D eigenvalue weighted by atomic mass is 35.7. The average molecular weight is 209 g/mol. The number of nitrogens with zero attached hydrogens (tertiary/aromatic N) is 2. The van der Waals surface area contributed by atoms with Gasteiger partial charge in [-0.3, -0.25) is 4.68 Å². The predicted molar refractivity (Wildman–Crippen MR) is 45.6 cm³/mol. The quantitative estimate of drug-likeness (QED) is 0.679. The molecule has 0 radical (unpaired) electrons. The second-order valence-electron chi connectivity index (χ2n) is 2.39. The molecule has 1 rings (SSSR count). The first-order chi connectivity index (χ1) is 5.46. The minimum atomic E-state index is -3.66. The van der Waals surface area contributed by atoms with Gasteiger partial charge >= 0.3 is 0 Å². The van der Waals surface area contributed by atoms with Gasteiger partial charge in [0.2, 0.25) is 0 Å². The van der Waals surface area contributed by atoms with E-state index in [4.69, 9.17) is 10.7 Å². The standard InChI is InChI=1S/C6H9ClN2O2S/c1-3-5-4-8-9(2)6(5)12(7,10)11/h4H,3H2,1-2H3. The van der Waals surface area contributed by atoms with E-state index < -0.39 is 9.05 Å². The Hall–Kier alpha value is -0.550. The fraction of sp³-hybridized carbons (Fsp3) is 0.500. The summed E-state index contributed by atoms with van der Waals surface area (Å²) in [5.74, 6) is 0. The van der Waals surface area contributed by atoms with E-state index in [1.54, 1.807) is 7.05 Å². The molecule has 0 bridgehead atoms. The minimum absolute atomic E-state index is 0.0895. The number of hydrogen-bond donors (Lipinski definition) is 0. The van der Waals surface area contributed by atoms with Gasteiger partial charge < -0.3 is 0 Å². The highest BCUT2D eigenvalue weighted by molar-refractivity contribution is 8.13. The molecule has 0 aliphatic heterocycles. The zero-order chi connectivity index (χ0) is 9.35. The summed E-state index contributed by atoms with van der Waals surface area (Å²) in [5, 5.41) is 3.90. The Kier molecular flexibility index (Phi) is 2.44. The highest BCUT2D eigenvalue weighted by Crippen LogP contribution is 2.18. The molecule has 0 aliphatic rings. The monoisotopic (exact) mass is 208 g/mol. The summed E-state index contributed by atoms with van der Waals surface area (Å²) >= 11 is 0. The van der Waals surface area contributed by atoms with Gasteiger partial charge in [-0.25, -0.2) is 8.42 Å². The summed E-state index contributed by atoms with van der Waals surface area (Å²) in [6, 6.07) is 0. The van der Waals surface area contributed by atoms with E-state index in [9.17, 15) is 8.42 Å². The van der Waals surface area contributed by atoms with Crippen LogP contribution >= 0.6 is 10.7 Å². The van der Waals surface area contributed by atoms with Crippen molar-refractivity contribution in [1.82, 2.24) is 9.78 Å². The van der Waals surface area contributed by atoms with Crippen molar-refractivity contribution in [3.8, 4) is 0 Å². The van der Waals surface area contributed by atoms with Crippen LogP contribution in [0.15, 0.2) is 11.2 Å². The Balaban J connectivity index is 3.39. The van der Waals surface area contributed by atoms with Crippen LogP contribution in [-0.2, 0) is 22.5 Å². The molecule has 1 heterocycles. The van der Waals surface area contributed by atoms with Crippen LogP contribution in [0.1, 0.15) is 12.5 Å². The summed E-state index contributed by atoms with van der Waals surface area (Å²) in [4.78, 5) is 0. The molecule has 0 atom stereocenters. The third-order valence-corrected chi connectivity index (χ3v) is 2.99. The number of aryl methyl sites for hydroxylation is 2. The molecule has 0 saturated heterocycles. The SMILES string of the molecule is CCc1cnn(C)c1S(=O)(=O)Cl. The smallest absolute Gasteiger partial charge is 0.256 e. The number of halogens is 1. The number of aromatic nitrogens is 2. The van der Waals surface area contributed by atoms with Gasteiger partial charge in [0, 0.05) is 23.3 Å². The van der Waals surface area contributed by atoms with Crippen molar-refractivity contribution in [2.24, 2.45) is 7.05 Å². The Morgan fingerprint density at radius 1 is 1.67 bits per heavy atom. The van der Waals surface area contributed by atoms with Crippen molar-refractivity contribution in [1.29, 1.82) is 0 Å². The van der Waals surface area contributed by atoms with Crippen LogP contribution in [-0.4, -0.2) is 18.2 Å². The topological polar surface area (TPSA) is 52.0 Å². The molecule has 6 heteroatoms. The van der Waals surface area contributed by atoms with Gasteiger partial charge in [-0.05, 0) is 6.42 Å². The van der Waals surface area contributed by atoms with E-state index in [-0.39, 0.29) is 5.03 Å². The molecular weight excluding hydrogens is 200 g/mol. The first-order valence-electron chi connectivity index (χ1n) is 3.42. The van der Waals surface area contributed by atoms with E-state index in [1.807, 2.05) is 6.92 Å². The van der Waals surface area contributed by atoms with Crippen LogP contribution in [0.25, 0.3) is 0 Å². The first kappa shape index (κ1) is 9.54. The summed E-state index contributed by atoms with van der Waals surface area (Å²) < 4.78 is 23.3. The van der Waals surface area contributed by atoms with Gasteiger partial charge in [0.25, 0.3) is 9.05 Å². The van der Waals surface area contributed by atoms with Crippen molar-refractivity contribution in [2.75, 3.05) is 0 Å². The molecular formula is C6H9ClN2O2S.